The smallest absolute Gasteiger partial charge is 0.265 e. The van der Waals surface area contributed by atoms with Crippen molar-refractivity contribution in [2.45, 2.75) is 0 Å². The fraction of sp³-hybridized carbons (Fsp3) is 0. The van der Waals surface area contributed by atoms with Crippen LogP contribution in [-0.2, 0) is 0 Å². The number of rotatable bonds is 0. The molecule has 1 aliphatic heterocycles. The van der Waals surface area contributed by atoms with E-state index in [2.05, 4.69) is 4.98 Å². The third kappa shape index (κ3) is 1.26. The lowest BCUT2D eigenvalue weighted by molar-refractivity contribution is 0.0914. The fourth-order valence-electron chi connectivity index (χ4n) is 2.59. The molecule has 0 saturated carbocycles. The lowest BCUT2D eigenvalue weighted by Crippen LogP contribution is -2.26. The zero-order valence-electron chi connectivity index (χ0n) is 10.1. The highest BCUT2D eigenvalue weighted by molar-refractivity contribution is 6.23. The van der Waals surface area contributed by atoms with Gasteiger partial charge in [0.2, 0.25) is 5.78 Å². The van der Waals surface area contributed by atoms with E-state index in [9.17, 15) is 14.0 Å². The quantitative estimate of drug-likeness (QED) is 0.491. The van der Waals surface area contributed by atoms with Crippen molar-refractivity contribution in [3.63, 3.8) is 0 Å². The van der Waals surface area contributed by atoms with Crippen molar-refractivity contribution in [2.24, 2.45) is 0 Å². The van der Waals surface area contributed by atoms with Gasteiger partial charge in [0.25, 0.3) is 5.91 Å². The lowest BCUT2D eigenvalue weighted by Gasteiger charge is -2.16. The standard InChI is InChI=1S/C15H7FN2O2/c16-9-1-2-12-8(5-9)6-13-14(19)10-3-4-17-7-11(10)15(20)18(12)13/h1-7H. The van der Waals surface area contributed by atoms with Crippen LogP contribution in [0.5, 0.6) is 0 Å². The monoisotopic (exact) mass is 266 g/mol. The molecule has 0 aliphatic carbocycles. The Bertz CT molecular complexity index is 911. The van der Waals surface area contributed by atoms with Gasteiger partial charge in [-0.15, -0.1) is 0 Å². The summed E-state index contributed by atoms with van der Waals surface area (Å²) in [6.07, 6.45) is 2.86. The van der Waals surface area contributed by atoms with Crippen molar-refractivity contribution in [1.29, 1.82) is 0 Å². The topological polar surface area (TPSA) is 52.0 Å². The Morgan fingerprint density at radius 3 is 2.75 bits per heavy atom. The minimum Gasteiger partial charge on any atom is -0.287 e. The Morgan fingerprint density at radius 2 is 1.90 bits per heavy atom. The zero-order chi connectivity index (χ0) is 13.9. The maximum absolute atomic E-state index is 13.3. The molecule has 1 aromatic carbocycles. The van der Waals surface area contributed by atoms with Gasteiger partial charge in [-0.2, -0.15) is 0 Å². The Labute approximate surface area is 112 Å². The Hall–Kier alpha value is -2.82. The number of halogens is 1. The van der Waals surface area contributed by atoms with Crippen molar-refractivity contribution < 1.29 is 14.0 Å². The average Bonchev–Trinajstić information content (AvgIpc) is 2.83. The third-order valence-corrected chi connectivity index (χ3v) is 3.50. The summed E-state index contributed by atoms with van der Waals surface area (Å²) in [6, 6.07) is 7.15. The molecule has 2 aromatic heterocycles. The molecule has 4 nitrogen and oxygen atoms in total. The Kier molecular flexibility index (Phi) is 1.99. The number of aromatic nitrogens is 2. The molecule has 20 heavy (non-hydrogen) atoms. The molecule has 1 aliphatic rings. The Balaban J connectivity index is 2.11. The minimum absolute atomic E-state index is 0.251. The molecule has 4 rings (SSSR count). The predicted octanol–water partition coefficient (Wildman–Crippen LogP) is 2.41. The molecule has 3 heterocycles. The number of carbonyl (C=O) groups excluding carboxylic acids is 2. The molecule has 0 atom stereocenters. The number of fused-ring (bicyclic) bond motifs is 4. The number of nitrogens with zero attached hydrogens (tertiary/aromatic N) is 2. The Morgan fingerprint density at radius 1 is 1.05 bits per heavy atom. The first-order valence-corrected chi connectivity index (χ1v) is 6.01. The largest absolute Gasteiger partial charge is 0.287 e. The summed E-state index contributed by atoms with van der Waals surface area (Å²) >= 11 is 0. The summed E-state index contributed by atoms with van der Waals surface area (Å²) in [6.45, 7) is 0. The van der Waals surface area contributed by atoms with Crippen molar-refractivity contribution in [3.8, 4) is 0 Å². The lowest BCUT2D eigenvalue weighted by atomic mass is 10.00. The first-order valence-electron chi connectivity index (χ1n) is 6.01. The van der Waals surface area contributed by atoms with Crippen molar-refractivity contribution in [1.82, 2.24) is 9.55 Å². The van der Waals surface area contributed by atoms with Crippen molar-refractivity contribution >= 4 is 22.6 Å². The first-order chi connectivity index (χ1) is 9.66. The van der Waals surface area contributed by atoms with Crippen molar-refractivity contribution in [3.05, 3.63) is 65.4 Å². The van der Waals surface area contributed by atoms with Gasteiger partial charge in [0.1, 0.15) is 5.82 Å². The second-order valence-electron chi connectivity index (χ2n) is 4.62. The third-order valence-electron chi connectivity index (χ3n) is 3.50. The van der Waals surface area contributed by atoms with Crippen LogP contribution in [0.3, 0.4) is 0 Å². The second-order valence-corrected chi connectivity index (χ2v) is 4.62. The highest BCUT2D eigenvalue weighted by atomic mass is 19.1. The molecule has 96 valence electrons. The van der Waals surface area contributed by atoms with Gasteiger partial charge < -0.3 is 0 Å². The van der Waals surface area contributed by atoms with E-state index >= 15 is 0 Å². The van der Waals surface area contributed by atoms with Gasteiger partial charge in [-0.05, 0) is 30.3 Å². The number of benzene rings is 1. The van der Waals surface area contributed by atoms with Gasteiger partial charge in [0.05, 0.1) is 16.8 Å². The average molecular weight is 266 g/mol. The highest BCUT2D eigenvalue weighted by Crippen LogP contribution is 2.28. The van der Waals surface area contributed by atoms with E-state index in [0.717, 1.165) is 0 Å². The van der Waals surface area contributed by atoms with Crippen LogP contribution >= 0.6 is 0 Å². The van der Waals surface area contributed by atoms with E-state index in [0.29, 0.717) is 16.5 Å². The summed E-state index contributed by atoms with van der Waals surface area (Å²) in [5, 5.41) is 0.530. The molecule has 3 aromatic rings. The number of ketones is 1. The fourth-order valence-corrected chi connectivity index (χ4v) is 2.59. The number of pyridine rings is 1. The van der Waals surface area contributed by atoms with Gasteiger partial charge in [0.15, 0.2) is 0 Å². The highest BCUT2D eigenvalue weighted by Gasteiger charge is 2.31. The molecule has 0 fully saturated rings. The molecule has 0 spiro atoms. The summed E-state index contributed by atoms with van der Waals surface area (Å²) in [4.78, 5) is 28.8. The first kappa shape index (κ1) is 11.0. The van der Waals surface area contributed by atoms with Gasteiger partial charge in [0, 0.05) is 23.3 Å². The van der Waals surface area contributed by atoms with Crippen LogP contribution < -0.4 is 0 Å². The van der Waals surface area contributed by atoms with E-state index in [1.807, 2.05) is 0 Å². The van der Waals surface area contributed by atoms with E-state index in [-0.39, 0.29) is 22.9 Å². The molecule has 0 unspecified atom stereocenters. The van der Waals surface area contributed by atoms with Crippen LogP contribution in [0.2, 0.25) is 0 Å². The van der Waals surface area contributed by atoms with Crippen LogP contribution in [0.4, 0.5) is 4.39 Å². The van der Waals surface area contributed by atoms with Gasteiger partial charge in [-0.25, -0.2) is 4.39 Å². The van der Waals surface area contributed by atoms with Gasteiger partial charge in [-0.1, -0.05) is 0 Å². The van der Waals surface area contributed by atoms with Crippen LogP contribution in [0, 0.1) is 5.82 Å². The van der Waals surface area contributed by atoms with Crippen molar-refractivity contribution in [2.75, 3.05) is 0 Å². The van der Waals surface area contributed by atoms with Gasteiger partial charge in [-0.3, -0.25) is 19.1 Å². The van der Waals surface area contributed by atoms with Crippen LogP contribution in [0.1, 0.15) is 26.4 Å². The van der Waals surface area contributed by atoms with Gasteiger partial charge >= 0.3 is 0 Å². The summed E-state index contributed by atoms with van der Waals surface area (Å²) in [7, 11) is 0. The van der Waals surface area contributed by atoms with Crippen LogP contribution in [-0.4, -0.2) is 21.2 Å². The predicted molar refractivity (Wildman–Crippen MR) is 69.3 cm³/mol. The van der Waals surface area contributed by atoms with E-state index < -0.39 is 5.82 Å². The zero-order valence-corrected chi connectivity index (χ0v) is 10.1. The molecular formula is C15H7FN2O2. The van der Waals surface area contributed by atoms with E-state index in [4.69, 9.17) is 0 Å². The SMILES string of the molecule is O=C1c2ccncc2C(=O)n2c1cc1cc(F)ccc12. The molecule has 0 amide bonds. The molecule has 0 bridgehead atoms. The second kappa shape index (κ2) is 3.60. The molecule has 0 saturated heterocycles. The summed E-state index contributed by atoms with van der Waals surface area (Å²) in [5.41, 5.74) is 1.39. The number of hydrogen-bond donors (Lipinski definition) is 0. The molecule has 0 radical (unpaired) electrons. The normalized spacial score (nSPS) is 13.4. The summed E-state index contributed by atoms with van der Waals surface area (Å²) < 4.78 is 14.6. The maximum Gasteiger partial charge on any atom is 0.265 e. The number of carbonyl (C=O) groups is 2. The maximum atomic E-state index is 13.3. The molecule has 0 N–H and O–H groups in total. The van der Waals surface area contributed by atoms with E-state index in [1.165, 1.54) is 41.2 Å². The minimum atomic E-state index is -0.403. The number of hydrogen-bond acceptors (Lipinski definition) is 3. The van der Waals surface area contributed by atoms with Crippen LogP contribution in [0.15, 0.2) is 42.7 Å². The molecular weight excluding hydrogens is 259 g/mol. The molecule has 5 heteroatoms. The van der Waals surface area contributed by atoms with E-state index in [1.54, 1.807) is 6.07 Å². The summed E-state index contributed by atoms with van der Waals surface area (Å²) in [5.74, 6) is -0.970. The van der Waals surface area contributed by atoms with Crippen LogP contribution in [0.25, 0.3) is 10.9 Å².